The fourth-order valence-corrected chi connectivity index (χ4v) is 1.08. The molecule has 0 radical (unpaired) electrons. The Morgan fingerprint density at radius 3 is 2.58 bits per heavy atom. The first-order valence-corrected chi connectivity index (χ1v) is 4.56. The van der Waals surface area contributed by atoms with Gasteiger partial charge in [0.05, 0.1) is 19.0 Å². The molecule has 0 bridgehead atoms. The molecule has 2 unspecified atom stereocenters. The topological polar surface area (TPSA) is 83.8 Å². The van der Waals surface area contributed by atoms with Crippen molar-refractivity contribution in [1.29, 1.82) is 0 Å². The van der Waals surface area contributed by atoms with Crippen LogP contribution in [0.25, 0.3) is 0 Å². The first-order chi connectivity index (χ1) is 5.61. The molecule has 0 saturated carbocycles. The highest BCUT2D eigenvalue weighted by Crippen LogP contribution is 2.03. The number of carbonyl (C=O) groups is 1. The average Bonchev–Trinajstić information content (AvgIpc) is 2.04. The lowest BCUT2D eigenvalue weighted by Gasteiger charge is -2.07. The highest BCUT2D eigenvalue weighted by molar-refractivity contribution is 7.79. The third-order valence-electron chi connectivity index (χ3n) is 1.39. The number of aliphatic hydroxyl groups excluding tert-OH is 1. The number of carbonyl (C=O) groups excluding carboxylic acids is 1. The maximum absolute atomic E-state index is 10.6. The summed E-state index contributed by atoms with van der Waals surface area (Å²) in [7, 11) is 1.24. The average molecular weight is 196 g/mol. The first kappa shape index (κ1) is 11.5. The maximum Gasteiger partial charge on any atom is 0.305 e. The van der Waals surface area contributed by atoms with Crippen molar-refractivity contribution in [2.75, 3.05) is 13.7 Å². The Bertz CT molecular complexity index is 169. The van der Waals surface area contributed by atoms with Crippen molar-refractivity contribution in [2.45, 2.75) is 18.1 Å². The van der Waals surface area contributed by atoms with E-state index in [1.807, 2.05) is 0 Å². The summed E-state index contributed by atoms with van der Waals surface area (Å²) in [5.74, 6) is -0.445. The molecule has 0 aromatic rings. The van der Waals surface area contributed by atoms with Gasteiger partial charge in [0.1, 0.15) is 0 Å². The van der Waals surface area contributed by atoms with Crippen LogP contribution in [0.2, 0.25) is 0 Å². The molecule has 0 aliphatic rings. The van der Waals surface area contributed by atoms with Crippen LogP contribution in [0.4, 0.5) is 0 Å². The molecule has 6 heteroatoms. The molecule has 0 aliphatic carbocycles. The zero-order valence-electron chi connectivity index (χ0n) is 6.73. The summed E-state index contributed by atoms with van der Waals surface area (Å²) in [5, 5.41) is 7.82. The van der Waals surface area contributed by atoms with Gasteiger partial charge in [-0.3, -0.25) is 4.79 Å². The van der Waals surface area contributed by atoms with Crippen molar-refractivity contribution < 1.29 is 23.4 Å². The Balaban J connectivity index is 3.73. The lowest BCUT2D eigenvalue weighted by atomic mass is 10.2. The zero-order valence-corrected chi connectivity index (χ0v) is 7.54. The number of hydrogen-bond acceptors (Lipinski definition) is 4. The van der Waals surface area contributed by atoms with E-state index in [0.29, 0.717) is 0 Å². The summed E-state index contributed by atoms with van der Waals surface area (Å²) in [4.78, 5) is 10.6. The van der Waals surface area contributed by atoms with E-state index in [-0.39, 0.29) is 12.8 Å². The molecular formula is C6H12O5S. The molecule has 5 nitrogen and oxygen atoms in total. The van der Waals surface area contributed by atoms with E-state index in [2.05, 4.69) is 4.74 Å². The van der Waals surface area contributed by atoms with Crippen LogP contribution in [0.3, 0.4) is 0 Å². The number of hydrogen-bond donors (Lipinski definition) is 2. The second-order valence-corrected chi connectivity index (χ2v) is 3.41. The van der Waals surface area contributed by atoms with Crippen LogP contribution in [-0.2, 0) is 20.6 Å². The minimum atomic E-state index is -2.08. The van der Waals surface area contributed by atoms with Crippen LogP contribution >= 0.6 is 0 Å². The standard InChI is InChI=1S/C6H12O5S/c1-11-6(8)3-2-5(4-7)12(9)10/h5,7H,2-4H2,1H3,(H,9,10). The van der Waals surface area contributed by atoms with Gasteiger partial charge in [-0.2, -0.15) is 0 Å². The highest BCUT2D eigenvalue weighted by Gasteiger charge is 2.15. The SMILES string of the molecule is COC(=O)CCC(CO)S(=O)O. The Morgan fingerprint density at radius 1 is 1.67 bits per heavy atom. The fourth-order valence-electron chi connectivity index (χ4n) is 0.637. The highest BCUT2D eigenvalue weighted by atomic mass is 32.2. The summed E-state index contributed by atoms with van der Waals surface area (Å²) in [6, 6.07) is 0. The van der Waals surface area contributed by atoms with Crippen LogP contribution in [-0.4, -0.2) is 38.8 Å². The van der Waals surface area contributed by atoms with Crippen LogP contribution in [0.15, 0.2) is 0 Å². The number of aliphatic hydroxyl groups is 1. The number of ether oxygens (including phenoxy) is 1. The minimum absolute atomic E-state index is 0.0496. The third kappa shape index (κ3) is 4.42. The minimum Gasteiger partial charge on any atom is -0.469 e. The van der Waals surface area contributed by atoms with Gasteiger partial charge in [0.2, 0.25) is 0 Å². The van der Waals surface area contributed by atoms with Crippen LogP contribution < -0.4 is 0 Å². The smallest absolute Gasteiger partial charge is 0.305 e. The van der Waals surface area contributed by atoms with Crippen molar-refractivity contribution in [3.8, 4) is 0 Å². The monoisotopic (exact) mass is 196 g/mol. The molecule has 0 heterocycles. The predicted octanol–water partition coefficient (Wildman–Crippen LogP) is -0.478. The summed E-state index contributed by atoms with van der Waals surface area (Å²) < 4.78 is 23.3. The molecule has 0 fully saturated rings. The van der Waals surface area contributed by atoms with Gasteiger partial charge in [0.25, 0.3) is 0 Å². The molecular weight excluding hydrogens is 184 g/mol. The Morgan fingerprint density at radius 2 is 2.25 bits per heavy atom. The van der Waals surface area contributed by atoms with Gasteiger partial charge in [0.15, 0.2) is 11.1 Å². The van der Waals surface area contributed by atoms with Gasteiger partial charge in [-0.15, -0.1) is 0 Å². The molecule has 0 spiro atoms. The molecule has 0 amide bonds. The van der Waals surface area contributed by atoms with E-state index in [1.165, 1.54) is 7.11 Å². The van der Waals surface area contributed by atoms with Crippen molar-refractivity contribution in [3.63, 3.8) is 0 Å². The number of esters is 1. The summed E-state index contributed by atoms with van der Waals surface area (Å²) in [6.07, 6.45) is 0.209. The van der Waals surface area contributed by atoms with Gasteiger partial charge in [-0.25, -0.2) is 4.21 Å². The second-order valence-electron chi connectivity index (χ2n) is 2.20. The van der Waals surface area contributed by atoms with Crippen molar-refractivity contribution in [1.82, 2.24) is 0 Å². The molecule has 2 atom stereocenters. The van der Waals surface area contributed by atoms with E-state index >= 15 is 0 Å². The quantitative estimate of drug-likeness (QED) is 0.458. The zero-order chi connectivity index (χ0) is 9.56. The van der Waals surface area contributed by atoms with Crippen molar-refractivity contribution in [2.24, 2.45) is 0 Å². The van der Waals surface area contributed by atoms with Crippen molar-refractivity contribution >= 4 is 17.0 Å². The molecule has 0 saturated heterocycles. The normalized spacial score (nSPS) is 15.2. The molecule has 2 N–H and O–H groups in total. The van der Waals surface area contributed by atoms with E-state index < -0.39 is 28.9 Å². The lowest BCUT2D eigenvalue weighted by Crippen LogP contribution is -2.20. The lowest BCUT2D eigenvalue weighted by molar-refractivity contribution is -0.140. The maximum atomic E-state index is 10.6. The van der Waals surface area contributed by atoms with Crippen molar-refractivity contribution in [3.05, 3.63) is 0 Å². The second kappa shape index (κ2) is 6.10. The van der Waals surface area contributed by atoms with Crippen LogP contribution in [0.1, 0.15) is 12.8 Å². The summed E-state index contributed by atoms with van der Waals surface area (Å²) in [6.45, 7) is -0.403. The Kier molecular flexibility index (Phi) is 5.87. The summed E-state index contributed by atoms with van der Waals surface area (Å²) >= 11 is -2.08. The molecule has 72 valence electrons. The van der Waals surface area contributed by atoms with E-state index in [0.717, 1.165) is 0 Å². The molecule has 0 aromatic carbocycles. The van der Waals surface area contributed by atoms with Gasteiger partial charge in [-0.1, -0.05) is 0 Å². The number of rotatable bonds is 5. The fraction of sp³-hybridized carbons (Fsp3) is 0.833. The van der Waals surface area contributed by atoms with Gasteiger partial charge >= 0.3 is 5.97 Å². The molecule has 12 heavy (non-hydrogen) atoms. The largest absolute Gasteiger partial charge is 0.469 e. The molecule has 0 aromatic heterocycles. The van der Waals surface area contributed by atoms with Crippen LogP contribution in [0.5, 0.6) is 0 Å². The van der Waals surface area contributed by atoms with Gasteiger partial charge in [-0.05, 0) is 6.42 Å². The van der Waals surface area contributed by atoms with Gasteiger partial charge < -0.3 is 14.4 Å². The Labute approximate surface area is 73.0 Å². The van der Waals surface area contributed by atoms with Crippen LogP contribution in [0, 0.1) is 0 Å². The Hall–Kier alpha value is -0.460. The van der Waals surface area contributed by atoms with E-state index in [4.69, 9.17) is 9.66 Å². The van der Waals surface area contributed by atoms with Gasteiger partial charge in [0, 0.05) is 6.42 Å². The molecule has 0 aliphatic heterocycles. The van der Waals surface area contributed by atoms with E-state index in [9.17, 15) is 9.00 Å². The summed E-state index contributed by atoms with van der Waals surface area (Å²) in [5.41, 5.74) is 0. The first-order valence-electron chi connectivity index (χ1n) is 3.39. The predicted molar refractivity (Wildman–Crippen MR) is 42.9 cm³/mol. The van der Waals surface area contributed by atoms with E-state index in [1.54, 1.807) is 0 Å². The number of methoxy groups -OCH3 is 1. The molecule has 0 rings (SSSR count). The third-order valence-corrected chi connectivity index (χ3v) is 2.34.